The van der Waals surface area contributed by atoms with Crippen LogP contribution in [-0.2, 0) is 17.8 Å². The van der Waals surface area contributed by atoms with Crippen LogP contribution >= 0.6 is 0 Å². The van der Waals surface area contributed by atoms with Gasteiger partial charge in [0.05, 0.1) is 5.92 Å². The van der Waals surface area contributed by atoms with Gasteiger partial charge in [0.15, 0.2) is 0 Å². The van der Waals surface area contributed by atoms with Gasteiger partial charge in [0.2, 0.25) is 5.91 Å². The molecule has 4 rings (SSSR count). The molecule has 120 valence electrons. The third kappa shape index (κ3) is 2.55. The number of amides is 1. The molecular formula is C17H26N4O. The number of nitrogens with zero attached hydrogens (tertiary/aromatic N) is 4. The molecule has 5 nitrogen and oxygen atoms in total. The van der Waals surface area contributed by atoms with Crippen LogP contribution in [0, 0.1) is 11.3 Å². The number of carbonyl (C=O) groups is 1. The van der Waals surface area contributed by atoms with Crippen molar-refractivity contribution in [1.29, 1.82) is 0 Å². The molecule has 0 radical (unpaired) electrons. The van der Waals surface area contributed by atoms with Gasteiger partial charge in [-0.3, -0.25) is 4.79 Å². The highest BCUT2D eigenvalue weighted by molar-refractivity contribution is 5.79. The molecule has 0 N–H and O–H groups in total. The van der Waals surface area contributed by atoms with Gasteiger partial charge in [0, 0.05) is 26.1 Å². The summed E-state index contributed by atoms with van der Waals surface area (Å²) in [7, 11) is 0. The second-order valence-electron chi connectivity index (χ2n) is 7.56. The van der Waals surface area contributed by atoms with Gasteiger partial charge >= 0.3 is 0 Å². The molecule has 1 aliphatic carbocycles. The predicted molar refractivity (Wildman–Crippen MR) is 83.2 cm³/mol. The lowest BCUT2D eigenvalue weighted by molar-refractivity contribution is -0.140. The van der Waals surface area contributed by atoms with Crippen molar-refractivity contribution in [1.82, 2.24) is 19.7 Å². The molecule has 1 saturated heterocycles. The van der Waals surface area contributed by atoms with Crippen molar-refractivity contribution >= 4 is 5.91 Å². The number of piperidine rings is 1. The van der Waals surface area contributed by atoms with Crippen LogP contribution in [0.4, 0.5) is 0 Å². The lowest BCUT2D eigenvalue weighted by Gasteiger charge is -2.46. The molecule has 22 heavy (non-hydrogen) atoms. The minimum absolute atomic E-state index is 0.127. The van der Waals surface area contributed by atoms with Crippen molar-refractivity contribution in [3.05, 3.63) is 12.2 Å². The molecule has 1 saturated carbocycles. The number of carbonyl (C=O) groups excluding carboxylic acids is 1. The summed E-state index contributed by atoms with van der Waals surface area (Å²) in [6.45, 7) is 2.74. The first-order valence-electron chi connectivity index (χ1n) is 8.91. The smallest absolute Gasteiger partial charge is 0.227 e. The Balaban J connectivity index is 1.44. The van der Waals surface area contributed by atoms with E-state index in [1.54, 1.807) is 6.33 Å². The number of fused-ring (bicyclic) bond motifs is 1. The average Bonchev–Trinajstić information content (AvgIpc) is 3.02. The Bertz CT molecular complexity index is 541. The Morgan fingerprint density at radius 1 is 1.18 bits per heavy atom. The zero-order valence-electron chi connectivity index (χ0n) is 13.3. The van der Waals surface area contributed by atoms with E-state index in [2.05, 4.69) is 19.7 Å². The monoisotopic (exact) mass is 302 g/mol. The molecule has 1 aromatic rings. The average molecular weight is 302 g/mol. The van der Waals surface area contributed by atoms with Crippen LogP contribution < -0.4 is 0 Å². The summed E-state index contributed by atoms with van der Waals surface area (Å²) in [5.74, 6) is 1.54. The molecule has 1 unspecified atom stereocenters. The second kappa shape index (κ2) is 5.67. The fourth-order valence-electron chi connectivity index (χ4n) is 4.82. The first-order valence-corrected chi connectivity index (χ1v) is 8.91. The highest BCUT2D eigenvalue weighted by Gasteiger charge is 2.39. The van der Waals surface area contributed by atoms with Gasteiger partial charge < -0.3 is 9.47 Å². The number of hydrogen-bond acceptors (Lipinski definition) is 3. The lowest BCUT2D eigenvalue weighted by Crippen LogP contribution is -2.49. The minimum Gasteiger partial charge on any atom is -0.342 e. The van der Waals surface area contributed by atoms with Crippen molar-refractivity contribution < 1.29 is 4.79 Å². The van der Waals surface area contributed by atoms with Crippen LogP contribution in [0.1, 0.15) is 57.2 Å². The van der Waals surface area contributed by atoms with Crippen molar-refractivity contribution in [2.24, 2.45) is 11.3 Å². The standard InChI is InChI=1S/C17H26N4O/c22-16(14-5-6-15-19-18-13-21(15)11-14)20-10-4-9-17(12-20)7-2-1-3-8-17/h13-14H,1-12H2. The first-order chi connectivity index (χ1) is 10.8. The number of rotatable bonds is 1. The maximum atomic E-state index is 13.0. The molecular weight excluding hydrogens is 276 g/mol. The lowest BCUT2D eigenvalue weighted by atomic mass is 9.69. The maximum absolute atomic E-state index is 13.0. The Labute approximate surface area is 132 Å². The fourth-order valence-corrected chi connectivity index (χ4v) is 4.82. The molecule has 1 aromatic heterocycles. The van der Waals surface area contributed by atoms with Gasteiger partial charge in [0.1, 0.15) is 12.2 Å². The minimum atomic E-state index is 0.127. The number of aromatic nitrogens is 3. The number of hydrogen-bond donors (Lipinski definition) is 0. The molecule has 1 spiro atoms. The predicted octanol–water partition coefficient (Wildman–Crippen LogP) is 2.41. The third-order valence-corrected chi connectivity index (χ3v) is 6.07. The molecule has 2 aliphatic heterocycles. The Morgan fingerprint density at radius 3 is 2.86 bits per heavy atom. The van der Waals surface area contributed by atoms with Crippen molar-refractivity contribution in [3.63, 3.8) is 0 Å². The zero-order chi connectivity index (χ0) is 15.0. The van der Waals surface area contributed by atoms with Gasteiger partial charge in [-0.15, -0.1) is 10.2 Å². The number of aryl methyl sites for hydroxylation is 1. The first kappa shape index (κ1) is 14.2. The molecule has 0 bridgehead atoms. The zero-order valence-corrected chi connectivity index (χ0v) is 13.3. The SMILES string of the molecule is O=C(C1CCc2nncn2C1)N1CCCC2(CCCCC2)C1. The van der Waals surface area contributed by atoms with Crippen molar-refractivity contribution in [2.75, 3.05) is 13.1 Å². The van der Waals surface area contributed by atoms with Gasteiger partial charge in [-0.05, 0) is 37.5 Å². The summed E-state index contributed by atoms with van der Waals surface area (Å²) in [5, 5.41) is 8.09. The molecule has 3 heterocycles. The van der Waals surface area contributed by atoms with E-state index < -0.39 is 0 Å². The molecule has 1 atom stereocenters. The van der Waals surface area contributed by atoms with Crippen LogP contribution in [-0.4, -0.2) is 38.7 Å². The van der Waals surface area contributed by atoms with E-state index in [0.717, 1.165) is 38.3 Å². The van der Waals surface area contributed by atoms with Gasteiger partial charge in [0.25, 0.3) is 0 Å². The van der Waals surface area contributed by atoms with Crippen molar-refractivity contribution in [3.8, 4) is 0 Å². The van der Waals surface area contributed by atoms with Gasteiger partial charge in [-0.25, -0.2) is 0 Å². The molecule has 1 amide bonds. The van der Waals surface area contributed by atoms with Gasteiger partial charge in [-0.1, -0.05) is 19.3 Å². The van der Waals surface area contributed by atoms with Crippen LogP contribution in [0.2, 0.25) is 0 Å². The second-order valence-corrected chi connectivity index (χ2v) is 7.56. The molecule has 5 heteroatoms. The summed E-state index contributed by atoms with van der Waals surface area (Å²) < 4.78 is 2.06. The maximum Gasteiger partial charge on any atom is 0.227 e. The number of likely N-dealkylation sites (tertiary alicyclic amines) is 1. The summed E-state index contributed by atoms with van der Waals surface area (Å²) in [6, 6.07) is 0. The summed E-state index contributed by atoms with van der Waals surface area (Å²) >= 11 is 0. The van der Waals surface area contributed by atoms with E-state index in [9.17, 15) is 4.79 Å². The summed E-state index contributed by atoms with van der Waals surface area (Å²) in [5.41, 5.74) is 0.447. The normalized spacial score (nSPS) is 27.6. The molecule has 0 aromatic carbocycles. The van der Waals surface area contributed by atoms with Crippen LogP contribution in [0.5, 0.6) is 0 Å². The third-order valence-electron chi connectivity index (χ3n) is 6.07. The Kier molecular flexibility index (Phi) is 3.66. The fraction of sp³-hybridized carbons (Fsp3) is 0.824. The highest BCUT2D eigenvalue weighted by atomic mass is 16.2. The van der Waals surface area contributed by atoms with E-state index in [-0.39, 0.29) is 5.92 Å². The van der Waals surface area contributed by atoms with E-state index >= 15 is 0 Å². The Morgan fingerprint density at radius 2 is 2.00 bits per heavy atom. The van der Waals surface area contributed by atoms with Crippen molar-refractivity contribution in [2.45, 2.75) is 64.3 Å². The summed E-state index contributed by atoms with van der Waals surface area (Å²) in [4.78, 5) is 15.2. The highest BCUT2D eigenvalue weighted by Crippen LogP contribution is 2.43. The summed E-state index contributed by atoms with van der Waals surface area (Å²) in [6.07, 6.45) is 12.9. The molecule has 3 aliphatic rings. The molecule has 2 fully saturated rings. The van der Waals surface area contributed by atoms with Crippen LogP contribution in [0.25, 0.3) is 0 Å². The van der Waals surface area contributed by atoms with Crippen LogP contribution in [0.3, 0.4) is 0 Å². The van der Waals surface area contributed by atoms with Crippen LogP contribution in [0.15, 0.2) is 6.33 Å². The van der Waals surface area contributed by atoms with E-state index in [1.807, 2.05) is 0 Å². The van der Waals surface area contributed by atoms with E-state index in [4.69, 9.17) is 0 Å². The topological polar surface area (TPSA) is 51.0 Å². The van der Waals surface area contributed by atoms with E-state index in [1.165, 1.54) is 44.9 Å². The van der Waals surface area contributed by atoms with E-state index in [0.29, 0.717) is 11.3 Å². The van der Waals surface area contributed by atoms with Gasteiger partial charge in [-0.2, -0.15) is 0 Å². The Hall–Kier alpha value is -1.39. The quantitative estimate of drug-likeness (QED) is 0.800. The largest absolute Gasteiger partial charge is 0.342 e.